The van der Waals surface area contributed by atoms with Gasteiger partial charge in [-0.05, 0) is 50.4 Å². The number of hydrogen-bond acceptors (Lipinski definition) is 5. The van der Waals surface area contributed by atoms with Crippen LogP contribution in [0.1, 0.15) is 38.1 Å². The molecular weight excluding hydrogens is 278 g/mol. The molecular formula is C17H29N3O2. The van der Waals surface area contributed by atoms with Crippen molar-refractivity contribution >= 4 is 11.7 Å². The van der Waals surface area contributed by atoms with Crippen LogP contribution >= 0.6 is 0 Å². The standard InChI is InChI=1S/C17H29N3O2/c1-5-19(6-2)16(20(7-3)8-4)13-22-17(21)14-9-11-15(18)12-10-14/h9-12,16H,5-8,13,18H2,1-4H3. The molecule has 0 aromatic heterocycles. The fourth-order valence-electron chi connectivity index (χ4n) is 2.58. The van der Waals surface area contributed by atoms with Crippen molar-refractivity contribution in [1.29, 1.82) is 0 Å². The number of likely N-dealkylation sites (N-methyl/N-ethyl adjacent to an activating group) is 2. The summed E-state index contributed by atoms with van der Waals surface area (Å²) in [6.45, 7) is 12.6. The molecule has 2 N–H and O–H groups in total. The Kier molecular flexibility index (Phi) is 7.91. The third-order valence-electron chi connectivity index (χ3n) is 3.98. The lowest BCUT2D eigenvalue weighted by atomic mass is 10.2. The van der Waals surface area contributed by atoms with E-state index in [4.69, 9.17) is 10.5 Å². The largest absolute Gasteiger partial charge is 0.459 e. The zero-order valence-corrected chi connectivity index (χ0v) is 14.2. The predicted molar refractivity (Wildman–Crippen MR) is 90.8 cm³/mol. The first-order chi connectivity index (χ1) is 10.6. The Bertz CT molecular complexity index is 428. The maximum absolute atomic E-state index is 12.2. The number of ether oxygens (including phenoxy) is 1. The average molecular weight is 307 g/mol. The van der Waals surface area contributed by atoms with Gasteiger partial charge in [-0.25, -0.2) is 4.79 Å². The van der Waals surface area contributed by atoms with Crippen LogP contribution in [0.15, 0.2) is 24.3 Å². The Morgan fingerprint density at radius 2 is 1.45 bits per heavy atom. The van der Waals surface area contributed by atoms with E-state index in [1.165, 1.54) is 0 Å². The molecule has 0 atom stereocenters. The number of rotatable bonds is 9. The van der Waals surface area contributed by atoms with Crippen molar-refractivity contribution < 1.29 is 9.53 Å². The highest BCUT2D eigenvalue weighted by Gasteiger charge is 2.23. The van der Waals surface area contributed by atoms with Crippen LogP contribution in [0.4, 0.5) is 5.69 Å². The summed E-state index contributed by atoms with van der Waals surface area (Å²) in [5.74, 6) is -0.302. The number of anilines is 1. The second-order valence-corrected chi connectivity index (χ2v) is 5.14. The lowest BCUT2D eigenvalue weighted by Crippen LogP contribution is -2.51. The van der Waals surface area contributed by atoms with E-state index in [9.17, 15) is 4.79 Å². The minimum atomic E-state index is -0.302. The van der Waals surface area contributed by atoms with Crippen LogP contribution in [0.25, 0.3) is 0 Å². The molecule has 1 aromatic carbocycles. The predicted octanol–water partition coefficient (Wildman–Crippen LogP) is 2.44. The molecule has 5 heteroatoms. The summed E-state index contributed by atoms with van der Waals surface area (Å²) >= 11 is 0. The maximum atomic E-state index is 12.2. The van der Waals surface area contributed by atoms with Gasteiger partial charge in [0.2, 0.25) is 0 Å². The molecule has 124 valence electrons. The Morgan fingerprint density at radius 3 is 1.86 bits per heavy atom. The number of nitrogens with two attached hydrogens (primary N) is 1. The third-order valence-corrected chi connectivity index (χ3v) is 3.98. The van der Waals surface area contributed by atoms with Crippen LogP contribution in [0.2, 0.25) is 0 Å². The molecule has 0 fully saturated rings. The molecule has 5 nitrogen and oxygen atoms in total. The first kappa shape index (κ1) is 18.5. The van der Waals surface area contributed by atoms with E-state index in [0.29, 0.717) is 17.9 Å². The number of hydrogen-bond donors (Lipinski definition) is 1. The van der Waals surface area contributed by atoms with E-state index in [1.54, 1.807) is 24.3 Å². The van der Waals surface area contributed by atoms with Crippen LogP contribution in [0.3, 0.4) is 0 Å². The van der Waals surface area contributed by atoms with Gasteiger partial charge in [0.25, 0.3) is 0 Å². The third kappa shape index (κ3) is 5.00. The average Bonchev–Trinajstić information content (AvgIpc) is 2.54. The zero-order chi connectivity index (χ0) is 16.5. The first-order valence-electron chi connectivity index (χ1n) is 8.07. The van der Waals surface area contributed by atoms with E-state index in [1.807, 2.05) is 0 Å². The Labute approximate surface area is 134 Å². The summed E-state index contributed by atoms with van der Waals surface area (Å²) in [5.41, 5.74) is 6.81. The number of benzene rings is 1. The normalized spacial score (nSPS) is 11.4. The second kappa shape index (κ2) is 9.43. The molecule has 0 saturated carbocycles. The summed E-state index contributed by atoms with van der Waals surface area (Å²) in [5, 5.41) is 0. The van der Waals surface area contributed by atoms with Gasteiger partial charge in [0.05, 0.1) is 11.7 Å². The summed E-state index contributed by atoms with van der Waals surface area (Å²) in [6.07, 6.45) is 0.114. The van der Waals surface area contributed by atoms with Gasteiger partial charge in [-0.2, -0.15) is 0 Å². The van der Waals surface area contributed by atoms with Crippen LogP contribution in [0, 0.1) is 0 Å². The van der Waals surface area contributed by atoms with Gasteiger partial charge in [0, 0.05) is 5.69 Å². The van der Waals surface area contributed by atoms with Crippen molar-refractivity contribution in [2.75, 3.05) is 38.5 Å². The van der Waals surface area contributed by atoms with Gasteiger partial charge in [-0.15, -0.1) is 0 Å². The molecule has 0 unspecified atom stereocenters. The van der Waals surface area contributed by atoms with E-state index in [0.717, 1.165) is 26.2 Å². The topological polar surface area (TPSA) is 58.8 Å². The molecule has 0 saturated heterocycles. The van der Waals surface area contributed by atoms with E-state index in [-0.39, 0.29) is 12.1 Å². The molecule has 22 heavy (non-hydrogen) atoms. The van der Waals surface area contributed by atoms with Crippen molar-refractivity contribution in [2.45, 2.75) is 33.9 Å². The minimum Gasteiger partial charge on any atom is -0.459 e. The molecule has 0 heterocycles. The quantitative estimate of drug-likeness (QED) is 0.431. The molecule has 0 aliphatic rings. The maximum Gasteiger partial charge on any atom is 0.338 e. The SMILES string of the molecule is CCN(CC)C(COC(=O)c1ccc(N)cc1)N(CC)CC. The Morgan fingerprint density at radius 1 is 1.00 bits per heavy atom. The number of carbonyl (C=O) groups excluding carboxylic acids is 1. The fourth-order valence-corrected chi connectivity index (χ4v) is 2.58. The molecule has 0 aliphatic heterocycles. The number of carbonyl (C=O) groups is 1. The van der Waals surface area contributed by atoms with Gasteiger partial charge >= 0.3 is 5.97 Å². The summed E-state index contributed by atoms with van der Waals surface area (Å²) in [6, 6.07) is 6.81. The zero-order valence-electron chi connectivity index (χ0n) is 14.2. The Hall–Kier alpha value is -1.59. The number of nitrogens with zero attached hydrogens (tertiary/aromatic N) is 2. The molecule has 0 amide bonds. The van der Waals surface area contributed by atoms with Gasteiger partial charge in [0.15, 0.2) is 0 Å². The first-order valence-corrected chi connectivity index (χ1v) is 8.07. The monoisotopic (exact) mass is 307 g/mol. The van der Waals surface area contributed by atoms with Gasteiger partial charge in [-0.3, -0.25) is 9.80 Å². The molecule has 0 aliphatic carbocycles. The van der Waals surface area contributed by atoms with Crippen molar-refractivity contribution in [2.24, 2.45) is 0 Å². The van der Waals surface area contributed by atoms with Gasteiger partial charge in [-0.1, -0.05) is 27.7 Å². The highest BCUT2D eigenvalue weighted by Crippen LogP contribution is 2.10. The smallest absolute Gasteiger partial charge is 0.338 e. The van der Waals surface area contributed by atoms with Gasteiger partial charge in [0.1, 0.15) is 6.61 Å². The van der Waals surface area contributed by atoms with Crippen molar-refractivity contribution in [3.05, 3.63) is 29.8 Å². The second-order valence-electron chi connectivity index (χ2n) is 5.14. The van der Waals surface area contributed by atoms with Crippen LogP contribution in [-0.4, -0.2) is 54.7 Å². The Balaban J connectivity index is 2.73. The van der Waals surface area contributed by atoms with E-state index in [2.05, 4.69) is 37.5 Å². The van der Waals surface area contributed by atoms with Crippen molar-refractivity contribution in [3.63, 3.8) is 0 Å². The molecule has 0 bridgehead atoms. The lowest BCUT2D eigenvalue weighted by molar-refractivity contribution is -0.00917. The van der Waals surface area contributed by atoms with Crippen molar-refractivity contribution in [1.82, 2.24) is 9.80 Å². The summed E-state index contributed by atoms with van der Waals surface area (Å²) in [4.78, 5) is 16.8. The molecule has 0 spiro atoms. The fraction of sp³-hybridized carbons (Fsp3) is 0.588. The highest BCUT2D eigenvalue weighted by atomic mass is 16.5. The molecule has 1 aromatic rings. The summed E-state index contributed by atoms with van der Waals surface area (Å²) in [7, 11) is 0. The van der Waals surface area contributed by atoms with Crippen LogP contribution < -0.4 is 5.73 Å². The summed E-state index contributed by atoms with van der Waals surface area (Å²) < 4.78 is 5.54. The van der Waals surface area contributed by atoms with Crippen LogP contribution in [0.5, 0.6) is 0 Å². The number of nitrogen functional groups attached to an aromatic ring is 1. The molecule has 1 rings (SSSR count). The molecule has 0 radical (unpaired) electrons. The van der Waals surface area contributed by atoms with Crippen molar-refractivity contribution in [3.8, 4) is 0 Å². The van der Waals surface area contributed by atoms with E-state index >= 15 is 0 Å². The van der Waals surface area contributed by atoms with E-state index < -0.39 is 0 Å². The highest BCUT2D eigenvalue weighted by molar-refractivity contribution is 5.89. The minimum absolute atomic E-state index is 0.114. The number of esters is 1. The van der Waals surface area contributed by atoms with Crippen LogP contribution in [-0.2, 0) is 4.74 Å². The van der Waals surface area contributed by atoms with Gasteiger partial charge < -0.3 is 10.5 Å². The lowest BCUT2D eigenvalue weighted by Gasteiger charge is -2.37.